The zero-order valence-electron chi connectivity index (χ0n) is 6.44. The van der Waals surface area contributed by atoms with Gasteiger partial charge in [-0.2, -0.15) is 8.42 Å². The molecule has 0 spiro atoms. The third-order valence-electron chi connectivity index (χ3n) is 1.19. The van der Waals surface area contributed by atoms with E-state index in [9.17, 15) is 8.42 Å². The van der Waals surface area contributed by atoms with E-state index in [2.05, 4.69) is 4.36 Å². The SMILES string of the molecule is CCN(CC)C(=S)N=S(=O)=O. The first-order valence-electron chi connectivity index (χ1n) is 3.21. The molecule has 0 aliphatic carbocycles. The van der Waals surface area contributed by atoms with Crippen molar-refractivity contribution >= 4 is 27.8 Å². The molecule has 0 heterocycles. The summed E-state index contributed by atoms with van der Waals surface area (Å²) >= 11 is 4.72. The number of hydrogen-bond acceptors (Lipinski definition) is 3. The van der Waals surface area contributed by atoms with Crippen molar-refractivity contribution in [2.75, 3.05) is 13.1 Å². The van der Waals surface area contributed by atoms with E-state index in [-0.39, 0.29) is 5.11 Å². The van der Waals surface area contributed by atoms with Crippen molar-refractivity contribution in [3.63, 3.8) is 0 Å². The summed E-state index contributed by atoms with van der Waals surface area (Å²) in [5.41, 5.74) is 0. The first-order chi connectivity index (χ1) is 5.11. The first kappa shape index (κ1) is 10.5. The smallest absolute Gasteiger partial charge is 0.318 e. The predicted molar refractivity (Wildman–Crippen MR) is 46.9 cm³/mol. The molecule has 64 valence electrons. The average Bonchev–Trinajstić information content (AvgIpc) is 1.88. The Balaban J connectivity index is 4.34. The maximum absolute atomic E-state index is 10.1. The van der Waals surface area contributed by atoms with Crippen molar-refractivity contribution in [3.05, 3.63) is 0 Å². The van der Waals surface area contributed by atoms with Crippen molar-refractivity contribution in [3.8, 4) is 0 Å². The van der Waals surface area contributed by atoms with Gasteiger partial charge in [-0.15, -0.1) is 4.36 Å². The van der Waals surface area contributed by atoms with Crippen molar-refractivity contribution in [2.45, 2.75) is 13.8 Å². The molecule has 4 nitrogen and oxygen atoms in total. The lowest BCUT2D eigenvalue weighted by atomic mass is 10.6. The molecular weight excluding hydrogens is 184 g/mol. The predicted octanol–water partition coefficient (Wildman–Crippen LogP) is 0.676. The number of rotatable bonds is 2. The molecule has 0 unspecified atom stereocenters. The van der Waals surface area contributed by atoms with Gasteiger partial charge in [-0.25, -0.2) is 0 Å². The summed E-state index contributed by atoms with van der Waals surface area (Å²) in [7, 11) is -2.43. The van der Waals surface area contributed by atoms with Gasteiger partial charge < -0.3 is 4.90 Å². The average molecular weight is 194 g/mol. The van der Waals surface area contributed by atoms with Gasteiger partial charge in [0.15, 0.2) is 0 Å². The van der Waals surface area contributed by atoms with E-state index in [1.165, 1.54) is 0 Å². The highest BCUT2D eigenvalue weighted by atomic mass is 32.2. The Morgan fingerprint density at radius 3 is 2.18 bits per heavy atom. The van der Waals surface area contributed by atoms with E-state index >= 15 is 0 Å². The molecule has 0 saturated heterocycles. The molecule has 0 aliphatic heterocycles. The fourth-order valence-corrected chi connectivity index (χ4v) is 1.30. The maximum atomic E-state index is 10.1. The quantitative estimate of drug-likeness (QED) is 0.606. The molecule has 0 aromatic heterocycles. The molecule has 0 aliphatic rings. The summed E-state index contributed by atoms with van der Waals surface area (Å²) in [6.07, 6.45) is 0. The molecule has 0 bridgehead atoms. The topological polar surface area (TPSA) is 49.7 Å². The van der Waals surface area contributed by atoms with Crippen LogP contribution in [0.1, 0.15) is 13.8 Å². The molecule has 0 radical (unpaired) electrons. The summed E-state index contributed by atoms with van der Waals surface area (Å²) in [5, 5.41) is 0.128. The van der Waals surface area contributed by atoms with Gasteiger partial charge in [0.25, 0.3) is 0 Å². The number of hydrogen-bond donors (Lipinski definition) is 0. The van der Waals surface area contributed by atoms with E-state index in [0.717, 1.165) is 0 Å². The molecular formula is C5H10N2O2S2. The summed E-state index contributed by atoms with van der Waals surface area (Å²) in [6, 6.07) is 0. The Morgan fingerprint density at radius 1 is 1.45 bits per heavy atom. The van der Waals surface area contributed by atoms with E-state index in [1.54, 1.807) is 4.90 Å². The summed E-state index contributed by atoms with van der Waals surface area (Å²) in [4.78, 5) is 1.69. The third-order valence-corrected chi connectivity index (χ3v) is 1.97. The Labute approximate surface area is 72.9 Å². The van der Waals surface area contributed by atoms with Crippen LogP contribution < -0.4 is 0 Å². The highest BCUT2D eigenvalue weighted by molar-refractivity contribution is 7.81. The first-order valence-corrected chi connectivity index (χ1v) is 4.65. The van der Waals surface area contributed by atoms with Gasteiger partial charge in [0.05, 0.1) is 0 Å². The zero-order valence-corrected chi connectivity index (χ0v) is 8.07. The fraction of sp³-hybridized carbons (Fsp3) is 0.800. The highest BCUT2D eigenvalue weighted by Crippen LogP contribution is 1.91. The van der Waals surface area contributed by atoms with Crippen LogP contribution in [0.3, 0.4) is 0 Å². The van der Waals surface area contributed by atoms with Crippen molar-refractivity contribution < 1.29 is 8.42 Å². The van der Waals surface area contributed by atoms with Gasteiger partial charge in [0, 0.05) is 13.1 Å². The second-order valence-corrected chi connectivity index (χ2v) is 2.75. The molecule has 0 fully saturated rings. The van der Waals surface area contributed by atoms with Crippen LogP contribution in [-0.2, 0) is 10.5 Å². The van der Waals surface area contributed by atoms with Gasteiger partial charge >= 0.3 is 10.5 Å². The Morgan fingerprint density at radius 2 is 1.91 bits per heavy atom. The fourth-order valence-electron chi connectivity index (χ4n) is 0.616. The minimum Gasteiger partial charge on any atom is -0.347 e. The molecule has 0 saturated carbocycles. The van der Waals surface area contributed by atoms with E-state index in [0.29, 0.717) is 13.1 Å². The largest absolute Gasteiger partial charge is 0.347 e. The lowest BCUT2D eigenvalue weighted by Gasteiger charge is -2.16. The van der Waals surface area contributed by atoms with Crippen LogP contribution in [0.15, 0.2) is 4.36 Å². The van der Waals surface area contributed by atoms with Crippen LogP contribution in [0.5, 0.6) is 0 Å². The molecule has 0 atom stereocenters. The maximum Gasteiger partial charge on any atom is 0.318 e. The van der Waals surface area contributed by atoms with Crippen LogP contribution in [0.4, 0.5) is 0 Å². The van der Waals surface area contributed by atoms with Crippen molar-refractivity contribution in [2.24, 2.45) is 4.36 Å². The second kappa shape index (κ2) is 5.20. The lowest BCUT2D eigenvalue weighted by Crippen LogP contribution is -2.27. The van der Waals surface area contributed by atoms with Crippen LogP contribution >= 0.6 is 12.2 Å². The van der Waals surface area contributed by atoms with E-state index in [1.807, 2.05) is 13.8 Å². The van der Waals surface area contributed by atoms with E-state index in [4.69, 9.17) is 12.2 Å². The standard InChI is InChI=1S/C5H10N2O2S2/c1-3-7(4-2)5(10)6-11(8)9/h3-4H2,1-2H3. The lowest BCUT2D eigenvalue weighted by molar-refractivity contribution is 0.469. The summed E-state index contributed by atoms with van der Waals surface area (Å²) in [5.74, 6) is 0. The van der Waals surface area contributed by atoms with Crippen molar-refractivity contribution in [1.82, 2.24) is 4.90 Å². The monoisotopic (exact) mass is 194 g/mol. The molecule has 0 N–H and O–H groups in total. The zero-order chi connectivity index (χ0) is 8.85. The Bertz CT molecular complexity index is 246. The molecule has 0 aromatic rings. The summed E-state index contributed by atoms with van der Waals surface area (Å²) < 4.78 is 23.3. The van der Waals surface area contributed by atoms with Gasteiger partial charge in [-0.05, 0) is 26.1 Å². The van der Waals surface area contributed by atoms with Crippen LogP contribution in [0.25, 0.3) is 0 Å². The van der Waals surface area contributed by atoms with Gasteiger partial charge in [0.1, 0.15) is 0 Å². The minimum atomic E-state index is -2.43. The molecule has 6 heteroatoms. The van der Waals surface area contributed by atoms with Gasteiger partial charge in [-0.1, -0.05) is 0 Å². The third kappa shape index (κ3) is 4.05. The molecule has 0 rings (SSSR count). The van der Waals surface area contributed by atoms with E-state index < -0.39 is 10.5 Å². The highest BCUT2D eigenvalue weighted by Gasteiger charge is 2.02. The number of nitrogens with zero attached hydrogens (tertiary/aromatic N) is 2. The second-order valence-electron chi connectivity index (χ2n) is 1.76. The minimum absolute atomic E-state index is 0.128. The number of thiocarbonyl (C=S) groups is 1. The van der Waals surface area contributed by atoms with Crippen LogP contribution in [0, 0.1) is 0 Å². The Kier molecular flexibility index (Phi) is 4.97. The van der Waals surface area contributed by atoms with Gasteiger partial charge in [0.2, 0.25) is 5.11 Å². The van der Waals surface area contributed by atoms with Gasteiger partial charge in [-0.3, -0.25) is 0 Å². The Hall–Kier alpha value is -0.490. The molecule has 0 amide bonds. The molecule has 11 heavy (non-hydrogen) atoms. The van der Waals surface area contributed by atoms with Crippen LogP contribution in [0.2, 0.25) is 0 Å². The normalized spacial score (nSPS) is 8.91. The molecule has 0 aromatic carbocycles. The van der Waals surface area contributed by atoms with Crippen molar-refractivity contribution in [1.29, 1.82) is 0 Å². The van der Waals surface area contributed by atoms with Crippen LogP contribution in [-0.4, -0.2) is 31.5 Å². The summed E-state index contributed by atoms with van der Waals surface area (Å²) in [6.45, 7) is 5.13.